The Balaban J connectivity index is 0.892. The molecule has 2 aromatic carbocycles. The molecule has 1 saturated heterocycles. The van der Waals surface area contributed by atoms with E-state index in [2.05, 4.69) is 20.8 Å². The zero-order valence-electron chi connectivity index (χ0n) is 25.2. The zero-order valence-corrected chi connectivity index (χ0v) is 25.2. The maximum absolute atomic E-state index is 13.1. The van der Waals surface area contributed by atoms with Crippen LogP contribution in [0.2, 0.25) is 0 Å². The molecule has 2 aliphatic heterocycles. The van der Waals surface area contributed by atoms with Gasteiger partial charge in [0.1, 0.15) is 29.8 Å². The van der Waals surface area contributed by atoms with Crippen molar-refractivity contribution < 1.29 is 38.6 Å². The minimum Gasteiger partial charge on any atom is -0.507 e. The molecule has 47 heavy (non-hydrogen) atoms. The van der Waals surface area contributed by atoms with Crippen molar-refractivity contribution in [1.82, 2.24) is 25.7 Å². The van der Waals surface area contributed by atoms with Crippen LogP contribution in [0.4, 0.5) is 5.82 Å². The van der Waals surface area contributed by atoms with Crippen molar-refractivity contribution in [2.24, 2.45) is 17.3 Å². The molecule has 8 rings (SSSR count). The van der Waals surface area contributed by atoms with Crippen LogP contribution in [0.15, 0.2) is 48.5 Å². The van der Waals surface area contributed by atoms with Crippen LogP contribution in [0.25, 0.3) is 11.3 Å². The number of carbonyl (C=O) groups is 5. The number of fused-ring (bicyclic) bond motifs is 2. The number of benzene rings is 2. The summed E-state index contributed by atoms with van der Waals surface area (Å²) >= 11 is 0. The first kappa shape index (κ1) is 30.1. The van der Waals surface area contributed by atoms with Crippen molar-refractivity contribution >= 4 is 35.4 Å². The zero-order chi connectivity index (χ0) is 32.9. The molecule has 2 unspecified atom stereocenters. The Morgan fingerprint density at radius 2 is 1.79 bits per heavy atom. The number of piperidine rings is 1. The number of carbonyl (C=O) groups excluding carboxylic acids is 5. The van der Waals surface area contributed by atoms with Crippen LogP contribution >= 0.6 is 0 Å². The van der Waals surface area contributed by atoms with Crippen molar-refractivity contribution in [2.45, 2.75) is 38.1 Å². The Kier molecular flexibility index (Phi) is 7.49. The van der Waals surface area contributed by atoms with E-state index >= 15 is 0 Å². The van der Waals surface area contributed by atoms with E-state index in [1.54, 1.807) is 36.4 Å². The number of nitrogen functional groups attached to an aromatic ring is 1. The smallest absolute Gasteiger partial charge is 0.262 e. The Morgan fingerprint density at radius 1 is 1.00 bits per heavy atom. The molecular formula is C33H32N6O8. The standard InChI is InChI=1S/C33H32N6O8/c34-28-26(12-23(37-38-28)20-3-1-2-4-25(20)40)47-16-33-13-17(14-33)22(15-33)29(42)35-9-10-46-18-5-6-19-21(11-18)32(45)39(31(19)44)24-7-8-27(41)36-30(24)43/h1-6,11-12,17,22,24,40H,7-10,13-16H2,(H2,34,38)(H,35,42)(H,36,41,43). The summed E-state index contributed by atoms with van der Waals surface area (Å²) in [6, 6.07) is 11.9. The Bertz CT molecular complexity index is 1820. The van der Waals surface area contributed by atoms with Gasteiger partial charge in [-0.15, -0.1) is 10.2 Å². The van der Waals surface area contributed by atoms with Gasteiger partial charge >= 0.3 is 0 Å². The van der Waals surface area contributed by atoms with Gasteiger partial charge in [0.05, 0.1) is 24.3 Å². The van der Waals surface area contributed by atoms with Crippen molar-refractivity contribution in [1.29, 1.82) is 0 Å². The lowest BCUT2D eigenvalue weighted by molar-refractivity contribution is -0.136. The number of imide groups is 2. The number of aromatic hydroxyl groups is 1. The predicted molar refractivity (Wildman–Crippen MR) is 164 cm³/mol. The van der Waals surface area contributed by atoms with Gasteiger partial charge in [0, 0.05) is 29.4 Å². The van der Waals surface area contributed by atoms with E-state index in [9.17, 15) is 29.1 Å². The molecule has 242 valence electrons. The number of hydrogen-bond donors (Lipinski definition) is 4. The monoisotopic (exact) mass is 640 g/mol. The number of phenolic OH excluding ortho intramolecular Hbond substituents is 1. The van der Waals surface area contributed by atoms with Gasteiger partial charge in [-0.1, -0.05) is 12.1 Å². The largest absolute Gasteiger partial charge is 0.507 e. The highest BCUT2D eigenvalue weighted by atomic mass is 16.5. The summed E-state index contributed by atoms with van der Waals surface area (Å²) in [5, 5.41) is 23.4. The number of nitrogens with two attached hydrogens (primary N) is 1. The van der Waals surface area contributed by atoms with Crippen LogP contribution < -0.4 is 25.8 Å². The summed E-state index contributed by atoms with van der Waals surface area (Å²) in [6.07, 6.45) is 2.53. The molecule has 3 aromatic rings. The Labute approximate surface area is 268 Å². The van der Waals surface area contributed by atoms with Gasteiger partial charge in [-0.3, -0.25) is 34.2 Å². The van der Waals surface area contributed by atoms with Crippen LogP contribution in [-0.4, -0.2) is 75.5 Å². The third-order valence-corrected chi connectivity index (χ3v) is 9.53. The second-order valence-electron chi connectivity index (χ2n) is 12.6. The molecule has 1 aromatic heterocycles. The van der Waals surface area contributed by atoms with Crippen LogP contribution in [0, 0.1) is 17.3 Å². The summed E-state index contributed by atoms with van der Waals surface area (Å²) in [7, 11) is 0. The number of nitrogens with zero attached hydrogens (tertiary/aromatic N) is 3. The lowest BCUT2D eigenvalue weighted by atomic mass is 9.70. The van der Waals surface area contributed by atoms with E-state index in [1.165, 1.54) is 12.1 Å². The Hall–Kier alpha value is -5.53. The molecule has 3 aliphatic carbocycles. The second kappa shape index (κ2) is 11.7. The van der Waals surface area contributed by atoms with Crippen LogP contribution in [-0.2, 0) is 14.4 Å². The van der Waals surface area contributed by atoms with Crippen molar-refractivity contribution in [3.05, 3.63) is 59.7 Å². The summed E-state index contributed by atoms with van der Waals surface area (Å²) < 4.78 is 11.9. The average molecular weight is 641 g/mol. The quantitative estimate of drug-likeness (QED) is 0.186. The first-order chi connectivity index (χ1) is 22.6. The Morgan fingerprint density at radius 3 is 2.57 bits per heavy atom. The first-order valence-corrected chi connectivity index (χ1v) is 15.4. The van der Waals surface area contributed by atoms with Gasteiger partial charge in [0.15, 0.2) is 11.6 Å². The molecule has 5 N–H and O–H groups in total. The number of phenols is 1. The summed E-state index contributed by atoms with van der Waals surface area (Å²) in [5.41, 5.74) is 7.13. The van der Waals surface area contributed by atoms with Crippen LogP contribution in [0.5, 0.6) is 17.2 Å². The minimum absolute atomic E-state index is 0.0431. The SMILES string of the molecule is Nc1nnc(-c2ccccc2O)cc1OCC12CC(C1)C(C(=O)NCCOc1ccc3c(c1)C(=O)N(C1CCC(=O)NC1=O)C3=O)C2. The molecule has 0 radical (unpaired) electrons. The van der Waals surface area contributed by atoms with E-state index in [4.69, 9.17) is 15.2 Å². The normalized spacial score (nSPS) is 24.4. The number of ether oxygens (including phenoxy) is 2. The van der Waals surface area contributed by atoms with Gasteiger partial charge in [0.25, 0.3) is 11.8 Å². The van der Waals surface area contributed by atoms with E-state index in [0.29, 0.717) is 35.8 Å². The van der Waals surface area contributed by atoms with Gasteiger partial charge in [-0.2, -0.15) is 0 Å². The first-order valence-electron chi connectivity index (χ1n) is 15.4. The lowest BCUT2D eigenvalue weighted by Crippen LogP contribution is -2.54. The van der Waals surface area contributed by atoms with Crippen molar-refractivity contribution in [3.63, 3.8) is 0 Å². The molecule has 4 fully saturated rings. The molecule has 14 nitrogen and oxygen atoms in total. The maximum Gasteiger partial charge on any atom is 0.262 e. The highest BCUT2D eigenvalue weighted by molar-refractivity contribution is 6.23. The average Bonchev–Trinajstić information content (AvgIpc) is 3.68. The molecule has 5 aliphatic rings. The lowest BCUT2D eigenvalue weighted by Gasteiger charge is -2.38. The fraction of sp³-hybridized carbons (Fsp3) is 0.364. The maximum atomic E-state index is 13.1. The third-order valence-electron chi connectivity index (χ3n) is 9.53. The molecular weight excluding hydrogens is 608 g/mol. The molecule has 2 bridgehead atoms. The number of hydrogen-bond acceptors (Lipinski definition) is 11. The predicted octanol–water partition coefficient (Wildman–Crippen LogP) is 1.82. The van der Waals surface area contributed by atoms with Gasteiger partial charge in [0.2, 0.25) is 17.7 Å². The van der Waals surface area contributed by atoms with Crippen molar-refractivity contribution in [3.8, 4) is 28.5 Å². The molecule has 14 heteroatoms. The number of nitrogens with one attached hydrogen (secondary N) is 2. The second-order valence-corrected chi connectivity index (χ2v) is 12.6. The number of amides is 5. The van der Waals surface area contributed by atoms with E-state index in [-0.39, 0.29) is 71.8 Å². The van der Waals surface area contributed by atoms with Crippen LogP contribution in [0.1, 0.15) is 52.8 Å². The summed E-state index contributed by atoms with van der Waals surface area (Å²) in [6.45, 7) is 0.766. The summed E-state index contributed by atoms with van der Waals surface area (Å²) in [5.74, 6) is -1.31. The fourth-order valence-corrected chi connectivity index (χ4v) is 7.19. The van der Waals surface area contributed by atoms with E-state index in [1.807, 2.05) is 0 Å². The molecule has 3 saturated carbocycles. The summed E-state index contributed by atoms with van der Waals surface area (Å²) in [4.78, 5) is 63.7. The highest BCUT2D eigenvalue weighted by Gasteiger charge is 2.58. The highest BCUT2D eigenvalue weighted by Crippen LogP contribution is 2.62. The minimum atomic E-state index is -1.04. The van der Waals surface area contributed by atoms with E-state index in [0.717, 1.165) is 17.7 Å². The topological polar surface area (TPSA) is 203 Å². The van der Waals surface area contributed by atoms with Crippen LogP contribution in [0.3, 0.4) is 0 Å². The third kappa shape index (κ3) is 5.49. The number of aromatic nitrogens is 2. The molecule has 2 atom stereocenters. The van der Waals surface area contributed by atoms with Crippen molar-refractivity contribution in [2.75, 3.05) is 25.5 Å². The van der Waals surface area contributed by atoms with E-state index < -0.39 is 29.7 Å². The number of para-hydroxylation sites is 1. The molecule has 3 heterocycles. The molecule has 0 spiro atoms. The van der Waals surface area contributed by atoms with Gasteiger partial charge < -0.3 is 25.6 Å². The number of rotatable bonds is 10. The van der Waals surface area contributed by atoms with Gasteiger partial charge in [-0.05, 0) is 61.9 Å². The molecule has 5 amide bonds. The number of anilines is 1. The fourth-order valence-electron chi connectivity index (χ4n) is 7.19. The van der Waals surface area contributed by atoms with Gasteiger partial charge in [-0.25, -0.2) is 0 Å².